The smallest absolute Gasteiger partial charge is 0.117 e. The minimum Gasteiger partial charge on any atom is -0.365 e. The van der Waals surface area contributed by atoms with Crippen LogP contribution < -0.4 is 0 Å². The van der Waals surface area contributed by atoms with Gasteiger partial charge in [0.15, 0.2) is 0 Å². The van der Waals surface area contributed by atoms with Gasteiger partial charge in [0, 0.05) is 18.3 Å². The molecule has 1 aliphatic heterocycles. The van der Waals surface area contributed by atoms with Crippen LogP contribution in [0.4, 0.5) is 0 Å². The molecule has 0 aliphatic carbocycles. The zero-order valence-corrected chi connectivity index (χ0v) is 7.09. The van der Waals surface area contributed by atoms with Crippen molar-refractivity contribution >= 4 is 0 Å². The van der Waals surface area contributed by atoms with Crippen LogP contribution >= 0.6 is 0 Å². The van der Waals surface area contributed by atoms with Gasteiger partial charge in [-0.05, 0) is 13.8 Å². The first kappa shape index (κ1) is 6.85. The molecule has 0 bridgehead atoms. The highest BCUT2D eigenvalue weighted by Crippen LogP contribution is 2.39. The molecule has 2 rings (SSSR count). The highest BCUT2D eigenvalue weighted by Gasteiger charge is 2.43. The maximum atomic E-state index is 5.32. The number of aryl methyl sites for hydroxylation is 1. The number of rotatable bonds is 1. The van der Waals surface area contributed by atoms with Crippen molar-refractivity contribution < 1.29 is 4.74 Å². The lowest BCUT2D eigenvalue weighted by Crippen LogP contribution is -2.04. The molecule has 0 spiro atoms. The molecular formula is C8H12N2O. The molecule has 60 valence electrons. The van der Waals surface area contributed by atoms with Gasteiger partial charge in [0.2, 0.25) is 0 Å². The minimum atomic E-state index is -0.0294. The number of aromatic nitrogens is 2. The van der Waals surface area contributed by atoms with Crippen LogP contribution in [0.5, 0.6) is 0 Å². The second kappa shape index (κ2) is 1.85. The van der Waals surface area contributed by atoms with Gasteiger partial charge in [0.25, 0.3) is 0 Å². The van der Waals surface area contributed by atoms with E-state index < -0.39 is 0 Å². The van der Waals surface area contributed by atoms with Crippen LogP contribution in [0.3, 0.4) is 0 Å². The second-order valence-corrected chi connectivity index (χ2v) is 3.29. The first-order valence-electron chi connectivity index (χ1n) is 3.76. The molecule has 2 heterocycles. The average Bonchev–Trinajstić information content (AvgIpc) is 2.60. The largest absolute Gasteiger partial charge is 0.365 e. The summed E-state index contributed by atoms with van der Waals surface area (Å²) < 4.78 is 7.20. The normalized spacial score (nSPS) is 29.0. The molecule has 1 unspecified atom stereocenters. The number of epoxide rings is 1. The third-order valence-electron chi connectivity index (χ3n) is 2.38. The minimum absolute atomic E-state index is 0.0294. The van der Waals surface area contributed by atoms with Crippen molar-refractivity contribution in [1.29, 1.82) is 0 Å². The summed E-state index contributed by atoms with van der Waals surface area (Å²) in [6.45, 7) is 4.99. The van der Waals surface area contributed by atoms with Crippen LogP contribution in [0.1, 0.15) is 18.2 Å². The lowest BCUT2D eigenvalue weighted by atomic mass is 10.0. The van der Waals surface area contributed by atoms with E-state index in [2.05, 4.69) is 18.9 Å². The summed E-state index contributed by atoms with van der Waals surface area (Å²) in [5.74, 6) is 0. The fourth-order valence-electron chi connectivity index (χ4n) is 1.28. The molecule has 0 saturated carbocycles. The molecule has 0 N–H and O–H groups in total. The summed E-state index contributed by atoms with van der Waals surface area (Å²) in [5.41, 5.74) is 2.39. The van der Waals surface area contributed by atoms with Gasteiger partial charge in [-0.1, -0.05) is 0 Å². The van der Waals surface area contributed by atoms with Gasteiger partial charge < -0.3 is 4.74 Å². The Bertz CT molecular complexity index is 286. The van der Waals surface area contributed by atoms with Crippen molar-refractivity contribution in [3.8, 4) is 0 Å². The third-order valence-corrected chi connectivity index (χ3v) is 2.38. The van der Waals surface area contributed by atoms with E-state index in [0.717, 1.165) is 6.61 Å². The molecule has 11 heavy (non-hydrogen) atoms. The summed E-state index contributed by atoms with van der Waals surface area (Å²) >= 11 is 0. The molecule has 0 radical (unpaired) electrons. The van der Waals surface area contributed by atoms with Crippen molar-refractivity contribution in [3.05, 3.63) is 17.5 Å². The van der Waals surface area contributed by atoms with Crippen molar-refractivity contribution in [3.63, 3.8) is 0 Å². The Morgan fingerprint density at radius 3 is 2.73 bits per heavy atom. The molecule has 3 nitrogen and oxygen atoms in total. The number of nitrogens with zero attached hydrogens (tertiary/aromatic N) is 2. The topological polar surface area (TPSA) is 30.4 Å². The monoisotopic (exact) mass is 152 g/mol. The maximum absolute atomic E-state index is 5.32. The van der Waals surface area contributed by atoms with Crippen LogP contribution in [0.15, 0.2) is 6.20 Å². The number of ether oxygens (including phenoxy) is 1. The van der Waals surface area contributed by atoms with Crippen molar-refractivity contribution in [1.82, 2.24) is 9.78 Å². The maximum Gasteiger partial charge on any atom is 0.117 e. The Morgan fingerprint density at radius 1 is 1.73 bits per heavy atom. The van der Waals surface area contributed by atoms with Crippen LogP contribution in [-0.2, 0) is 17.4 Å². The first-order chi connectivity index (χ1) is 5.13. The zero-order valence-electron chi connectivity index (χ0n) is 7.09. The van der Waals surface area contributed by atoms with Crippen LogP contribution in [0, 0.1) is 6.92 Å². The van der Waals surface area contributed by atoms with E-state index in [1.165, 1.54) is 11.3 Å². The molecule has 1 atom stereocenters. The van der Waals surface area contributed by atoms with Gasteiger partial charge in [-0.2, -0.15) is 5.10 Å². The molecule has 0 aromatic carbocycles. The van der Waals surface area contributed by atoms with E-state index in [1.54, 1.807) is 0 Å². The molecule has 1 aromatic heterocycles. The molecular weight excluding hydrogens is 140 g/mol. The van der Waals surface area contributed by atoms with Gasteiger partial charge in [0.1, 0.15) is 5.60 Å². The lowest BCUT2D eigenvalue weighted by molar-refractivity contribution is 0.328. The standard InChI is InChI=1S/C8H12N2O/c1-6-7(4-9-10(6)3)8(2)5-11-8/h4H,5H2,1-3H3. The van der Waals surface area contributed by atoms with E-state index >= 15 is 0 Å². The summed E-state index contributed by atoms with van der Waals surface area (Å²) in [6.07, 6.45) is 1.89. The summed E-state index contributed by atoms with van der Waals surface area (Å²) in [7, 11) is 1.95. The van der Waals surface area contributed by atoms with Crippen LogP contribution in [0.2, 0.25) is 0 Å². The SMILES string of the molecule is Cc1c(C2(C)CO2)cnn1C. The van der Waals surface area contributed by atoms with Crippen molar-refractivity contribution in [2.45, 2.75) is 19.4 Å². The Morgan fingerprint density at radius 2 is 2.36 bits per heavy atom. The Hall–Kier alpha value is -0.830. The predicted molar refractivity (Wildman–Crippen MR) is 41.2 cm³/mol. The number of hydrogen-bond acceptors (Lipinski definition) is 2. The van der Waals surface area contributed by atoms with E-state index in [-0.39, 0.29) is 5.60 Å². The van der Waals surface area contributed by atoms with Crippen molar-refractivity contribution in [2.24, 2.45) is 7.05 Å². The zero-order chi connectivity index (χ0) is 8.06. The molecule has 1 aliphatic rings. The Kier molecular flexibility index (Phi) is 1.16. The lowest BCUT2D eigenvalue weighted by Gasteiger charge is -2.02. The molecule has 1 aromatic rings. The molecule has 1 fully saturated rings. The molecule has 1 saturated heterocycles. The van der Waals surface area contributed by atoms with Crippen LogP contribution in [-0.4, -0.2) is 16.4 Å². The van der Waals surface area contributed by atoms with Gasteiger partial charge in [0.05, 0.1) is 12.8 Å². The highest BCUT2D eigenvalue weighted by molar-refractivity contribution is 5.27. The second-order valence-electron chi connectivity index (χ2n) is 3.29. The van der Waals surface area contributed by atoms with E-state index in [0.29, 0.717) is 0 Å². The quantitative estimate of drug-likeness (QED) is 0.561. The Labute approximate surface area is 66.0 Å². The average molecular weight is 152 g/mol. The van der Waals surface area contributed by atoms with E-state index in [9.17, 15) is 0 Å². The summed E-state index contributed by atoms with van der Waals surface area (Å²) in [4.78, 5) is 0. The third kappa shape index (κ3) is 0.878. The fourth-order valence-corrected chi connectivity index (χ4v) is 1.28. The first-order valence-corrected chi connectivity index (χ1v) is 3.76. The predicted octanol–water partition coefficient (Wildman–Crippen LogP) is 0.974. The van der Waals surface area contributed by atoms with Gasteiger partial charge >= 0.3 is 0 Å². The Balaban J connectivity index is 2.45. The van der Waals surface area contributed by atoms with Gasteiger partial charge in [-0.15, -0.1) is 0 Å². The van der Waals surface area contributed by atoms with Gasteiger partial charge in [-0.3, -0.25) is 4.68 Å². The van der Waals surface area contributed by atoms with Crippen molar-refractivity contribution in [2.75, 3.05) is 6.61 Å². The highest BCUT2D eigenvalue weighted by atomic mass is 16.6. The van der Waals surface area contributed by atoms with Crippen LogP contribution in [0.25, 0.3) is 0 Å². The molecule has 0 amide bonds. The van der Waals surface area contributed by atoms with E-state index in [1.807, 2.05) is 17.9 Å². The van der Waals surface area contributed by atoms with E-state index in [4.69, 9.17) is 4.74 Å². The molecule has 3 heteroatoms. The number of hydrogen-bond donors (Lipinski definition) is 0. The summed E-state index contributed by atoms with van der Waals surface area (Å²) in [5, 5.41) is 4.16. The van der Waals surface area contributed by atoms with Gasteiger partial charge in [-0.25, -0.2) is 0 Å². The summed E-state index contributed by atoms with van der Waals surface area (Å²) in [6, 6.07) is 0. The fraction of sp³-hybridized carbons (Fsp3) is 0.625.